The normalized spacial score (nSPS) is 20.5. The SMILES string of the molecule is Cc1nc2c(-c3cc4cc(CN5CC(O)C(O)C5)ccc4[nH]3)cc(N)nc2[nH]1. The van der Waals surface area contributed by atoms with E-state index in [2.05, 4.69) is 49.1 Å². The van der Waals surface area contributed by atoms with E-state index in [9.17, 15) is 10.2 Å². The molecule has 1 saturated heterocycles. The third-order valence-electron chi connectivity index (χ3n) is 5.31. The van der Waals surface area contributed by atoms with Crippen molar-refractivity contribution in [3.05, 3.63) is 41.7 Å². The van der Waals surface area contributed by atoms with Crippen molar-refractivity contribution in [2.45, 2.75) is 25.7 Å². The van der Waals surface area contributed by atoms with Gasteiger partial charge in [0.15, 0.2) is 5.65 Å². The van der Waals surface area contributed by atoms with Crippen LogP contribution in [0.4, 0.5) is 5.82 Å². The second kappa shape index (κ2) is 6.30. The summed E-state index contributed by atoms with van der Waals surface area (Å²) >= 11 is 0. The largest absolute Gasteiger partial charge is 0.389 e. The number of β-amino-alcohol motifs (C(OH)–C–C–N with tert-alkyl or cyclic N) is 2. The van der Waals surface area contributed by atoms with Crippen LogP contribution in [0.1, 0.15) is 11.4 Å². The van der Waals surface area contributed by atoms with Crippen LogP contribution in [0.5, 0.6) is 0 Å². The molecule has 4 aromatic rings. The third kappa shape index (κ3) is 2.91. The minimum absolute atomic E-state index is 0.441. The number of aryl methyl sites for hydroxylation is 1. The number of hydrogen-bond acceptors (Lipinski definition) is 6. The summed E-state index contributed by atoms with van der Waals surface area (Å²) in [6.45, 7) is 3.57. The Morgan fingerprint density at radius 1 is 1.11 bits per heavy atom. The average Bonchev–Trinajstić information content (AvgIpc) is 3.30. The second-order valence-corrected chi connectivity index (χ2v) is 7.55. The fraction of sp³-hybridized carbons (Fsp3) is 0.300. The zero-order valence-electron chi connectivity index (χ0n) is 15.5. The number of aromatic nitrogens is 4. The minimum Gasteiger partial charge on any atom is -0.389 e. The number of rotatable bonds is 3. The number of aromatic amines is 2. The van der Waals surface area contributed by atoms with E-state index < -0.39 is 12.2 Å². The van der Waals surface area contributed by atoms with Gasteiger partial charge >= 0.3 is 0 Å². The number of anilines is 1. The van der Waals surface area contributed by atoms with Crippen molar-refractivity contribution >= 4 is 27.9 Å². The number of imidazole rings is 1. The Bertz CT molecular complexity index is 1170. The van der Waals surface area contributed by atoms with Crippen molar-refractivity contribution < 1.29 is 10.2 Å². The first-order chi connectivity index (χ1) is 13.5. The van der Waals surface area contributed by atoms with Crippen LogP contribution < -0.4 is 5.73 Å². The van der Waals surface area contributed by atoms with Gasteiger partial charge in [-0.25, -0.2) is 9.97 Å². The van der Waals surface area contributed by atoms with E-state index in [1.165, 1.54) is 0 Å². The maximum absolute atomic E-state index is 9.74. The van der Waals surface area contributed by atoms with Gasteiger partial charge in [-0.05, 0) is 36.8 Å². The predicted molar refractivity (Wildman–Crippen MR) is 108 cm³/mol. The van der Waals surface area contributed by atoms with Gasteiger partial charge in [0.1, 0.15) is 17.2 Å². The molecule has 3 aromatic heterocycles. The summed E-state index contributed by atoms with van der Waals surface area (Å²) in [6.07, 6.45) is -1.33. The summed E-state index contributed by atoms with van der Waals surface area (Å²) in [5, 5.41) is 20.6. The van der Waals surface area contributed by atoms with Crippen molar-refractivity contribution in [2.24, 2.45) is 0 Å². The minimum atomic E-state index is -0.667. The summed E-state index contributed by atoms with van der Waals surface area (Å²) in [5.41, 5.74) is 11.5. The molecule has 0 saturated carbocycles. The standard InChI is InChI=1S/C20H22N6O2/c1-10-22-19-13(6-18(21)25-20(19)23-10)15-5-12-4-11(2-3-14(12)24-15)7-26-8-16(27)17(28)9-26/h2-6,16-17,24,27-28H,7-9H2,1H3,(H3,21,22,23,25). The van der Waals surface area contributed by atoms with Crippen LogP contribution in [-0.2, 0) is 6.54 Å². The summed E-state index contributed by atoms with van der Waals surface area (Å²) < 4.78 is 0. The molecule has 2 unspecified atom stereocenters. The quantitative estimate of drug-likeness (QED) is 0.368. The van der Waals surface area contributed by atoms with Crippen LogP contribution in [0.2, 0.25) is 0 Å². The summed E-state index contributed by atoms with van der Waals surface area (Å²) in [7, 11) is 0. The van der Waals surface area contributed by atoms with Crippen molar-refractivity contribution in [1.29, 1.82) is 0 Å². The molecular weight excluding hydrogens is 356 g/mol. The first-order valence-electron chi connectivity index (χ1n) is 9.29. The van der Waals surface area contributed by atoms with E-state index in [1.54, 1.807) is 0 Å². The summed E-state index contributed by atoms with van der Waals surface area (Å²) in [6, 6.07) is 10.2. The molecule has 6 N–H and O–H groups in total. The van der Waals surface area contributed by atoms with Gasteiger partial charge in [-0.15, -0.1) is 0 Å². The Morgan fingerprint density at radius 3 is 2.68 bits per heavy atom. The molecular formula is C20H22N6O2. The van der Waals surface area contributed by atoms with Crippen molar-refractivity contribution in [1.82, 2.24) is 24.8 Å². The number of aliphatic hydroxyl groups is 2. The molecule has 0 radical (unpaired) electrons. The molecule has 0 amide bonds. The zero-order valence-corrected chi connectivity index (χ0v) is 15.5. The highest BCUT2D eigenvalue weighted by Crippen LogP contribution is 2.31. The van der Waals surface area contributed by atoms with Gasteiger partial charge in [0, 0.05) is 41.8 Å². The first-order valence-corrected chi connectivity index (χ1v) is 9.29. The van der Waals surface area contributed by atoms with E-state index in [1.807, 2.05) is 13.0 Å². The number of likely N-dealkylation sites (tertiary alicyclic amines) is 1. The lowest BCUT2D eigenvalue weighted by atomic mass is 10.1. The predicted octanol–water partition coefficient (Wildman–Crippen LogP) is 1.53. The van der Waals surface area contributed by atoms with Gasteiger partial charge in [-0.2, -0.15) is 0 Å². The van der Waals surface area contributed by atoms with Gasteiger partial charge < -0.3 is 25.9 Å². The molecule has 144 valence electrons. The van der Waals surface area contributed by atoms with Gasteiger partial charge in [0.05, 0.1) is 12.2 Å². The first kappa shape index (κ1) is 17.2. The lowest BCUT2D eigenvalue weighted by Gasteiger charge is -2.14. The number of H-pyrrole nitrogens is 2. The molecule has 1 fully saturated rings. The molecule has 1 aliphatic rings. The van der Waals surface area contributed by atoms with Crippen LogP contribution in [0, 0.1) is 6.92 Å². The molecule has 0 spiro atoms. The van der Waals surface area contributed by atoms with Crippen molar-refractivity contribution in [2.75, 3.05) is 18.8 Å². The number of pyridine rings is 1. The molecule has 0 aliphatic carbocycles. The van der Waals surface area contributed by atoms with E-state index >= 15 is 0 Å². The molecule has 8 heteroatoms. The Morgan fingerprint density at radius 2 is 1.89 bits per heavy atom. The highest BCUT2D eigenvalue weighted by molar-refractivity contribution is 5.95. The number of nitrogens with one attached hydrogen (secondary N) is 2. The van der Waals surface area contributed by atoms with Crippen molar-refractivity contribution in [3.63, 3.8) is 0 Å². The van der Waals surface area contributed by atoms with Crippen LogP contribution in [-0.4, -0.2) is 60.3 Å². The van der Waals surface area contributed by atoms with Crippen molar-refractivity contribution in [3.8, 4) is 11.3 Å². The molecule has 8 nitrogen and oxygen atoms in total. The molecule has 2 atom stereocenters. The number of nitrogens with two attached hydrogens (primary N) is 1. The average molecular weight is 378 g/mol. The Hall–Kier alpha value is -2.94. The number of nitrogens with zero attached hydrogens (tertiary/aromatic N) is 3. The van der Waals surface area contributed by atoms with Crippen LogP contribution in [0.3, 0.4) is 0 Å². The van der Waals surface area contributed by atoms with Crippen LogP contribution in [0.25, 0.3) is 33.3 Å². The molecule has 0 bridgehead atoms. The third-order valence-corrected chi connectivity index (χ3v) is 5.31. The van der Waals surface area contributed by atoms with Crippen LogP contribution >= 0.6 is 0 Å². The van der Waals surface area contributed by atoms with Gasteiger partial charge in [0.25, 0.3) is 0 Å². The summed E-state index contributed by atoms with van der Waals surface area (Å²) in [4.78, 5) is 17.5. The lowest BCUT2D eigenvalue weighted by molar-refractivity contribution is 0.0572. The number of fused-ring (bicyclic) bond motifs is 2. The molecule has 28 heavy (non-hydrogen) atoms. The summed E-state index contributed by atoms with van der Waals surface area (Å²) in [5.74, 6) is 1.24. The van der Waals surface area contributed by atoms with Gasteiger partial charge in [-0.1, -0.05) is 6.07 Å². The monoisotopic (exact) mass is 378 g/mol. The fourth-order valence-corrected chi connectivity index (χ4v) is 3.99. The molecule has 5 rings (SSSR count). The highest BCUT2D eigenvalue weighted by Gasteiger charge is 2.29. The number of hydrogen-bond donors (Lipinski definition) is 5. The number of aliphatic hydroxyl groups excluding tert-OH is 2. The molecule has 4 heterocycles. The zero-order chi connectivity index (χ0) is 19.4. The van der Waals surface area contributed by atoms with Gasteiger partial charge in [-0.3, -0.25) is 4.90 Å². The fourth-order valence-electron chi connectivity index (χ4n) is 3.99. The maximum Gasteiger partial charge on any atom is 0.160 e. The smallest absolute Gasteiger partial charge is 0.160 e. The molecule has 1 aliphatic heterocycles. The Balaban J connectivity index is 1.51. The second-order valence-electron chi connectivity index (χ2n) is 7.55. The number of nitrogen functional groups attached to an aromatic ring is 1. The van der Waals surface area contributed by atoms with Gasteiger partial charge in [0.2, 0.25) is 0 Å². The van der Waals surface area contributed by atoms with Crippen LogP contribution in [0.15, 0.2) is 30.3 Å². The highest BCUT2D eigenvalue weighted by atomic mass is 16.3. The molecule has 1 aromatic carbocycles. The topological polar surface area (TPSA) is 127 Å². The lowest BCUT2D eigenvalue weighted by Crippen LogP contribution is -2.22. The van der Waals surface area contributed by atoms with E-state index in [-0.39, 0.29) is 0 Å². The van der Waals surface area contributed by atoms with E-state index in [0.717, 1.165) is 39.1 Å². The van der Waals surface area contributed by atoms with E-state index in [0.29, 0.717) is 31.1 Å². The Kier molecular flexibility index (Phi) is 3.87. The Labute approximate surface area is 161 Å². The maximum atomic E-state index is 9.74. The number of benzene rings is 1. The van der Waals surface area contributed by atoms with E-state index in [4.69, 9.17) is 5.73 Å².